The number of aliphatic carboxylic acids is 1. The lowest BCUT2D eigenvalue weighted by molar-refractivity contribution is -0.139. The van der Waals surface area contributed by atoms with E-state index in [1.807, 2.05) is 0 Å². The Morgan fingerprint density at radius 2 is 2.05 bits per heavy atom. The molecule has 0 aliphatic carbocycles. The number of hydrogen-bond donors (Lipinski definition) is 1. The van der Waals surface area contributed by atoms with Gasteiger partial charge >= 0.3 is 12.1 Å². The van der Waals surface area contributed by atoms with Crippen molar-refractivity contribution < 1.29 is 27.9 Å². The number of carbonyl (C=O) groups is 2. The molecule has 0 radical (unpaired) electrons. The van der Waals surface area contributed by atoms with Crippen LogP contribution in [0.5, 0.6) is 0 Å². The number of carbonyl (C=O) groups excluding carboxylic acids is 1. The predicted octanol–water partition coefficient (Wildman–Crippen LogP) is 2.10. The van der Waals surface area contributed by atoms with E-state index in [1.54, 1.807) is 13.8 Å². The van der Waals surface area contributed by atoms with Gasteiger partial charge in [0.2, 0.25) is 0 Å². The van der Waals surface area contributed by atoms with Gasteiger partial charge in [-0.3, -0.25) is 9.59 Å². The number of aromatic nitrogens is 1. The van der Waals surface area contributed by atoms with Crippen LogP contribution in [-0.4, -0.2) is 39.5 Å². The number of halogens is 3. The smallest absolute Gasteiger partial charge is 0.443 e. The molecule has 1 amide bonds. The van der Waals surface area contributed by atoms with Crippen LogP contribution in [0.3, 0.4) is 0 Å². The Bertz CT molecular complexity index is 485. The third-order valence-electron chi connectivity index (χ3n) is 2.16. The van der Waals surface area contributed by atoms with Gasteiger partial charge < -0.3 is 10.0 Å². The quantitative estimate of drug-likeness (QED) is 0.923. The van der Waals surface area contributed by atoms with Gasteiger partial charge in [0.05, 0.1) is 0 Å². The molecule has 1 rings (SSSR count). The molecule has 1 N–H and O–H groups in total. The lowest BCUT2D eigenvalue weighted by Gasteiger charge is -2.23. The van der Waals surface area contributed by atoms with Gasteiger partial charge in [-0.25, -0.2) is 4.98 Å². The fourth-order valence-corrected chi connectivity index (χ4v) is 1.95. The highest BCUT2D eigenvalue weighted by molar-refractivity contribution is 7.09. The summed E-state index contributed by atoms with van der Waals surface area (Å²) >= 11 is 0.302. The van der Waals surface area contributed by atoms with Gasteiger partial charge in [0.25, 0.3) is 5.91 Å². The minimum atomic E-state index is -4.61. The second kappa shape index (κ2) is 5.55. The Labute approximate surface area is 110 Å². The maximum Gasteiger partial charge on any atom is 0.443 e. The van der Waals surface area contributed by atoms with E-state index >= 15 is 0 Å². The lowest BCUT2D eigenvalue weighted by Crippen LogP contribution is -2.40. The van der Waals surface area contributed by atoms with Crippen LogP contribution in [0.1, 0.15) is 29.3 Å². The number of thiazole rings is 1. The summed E-state index contributed by atoms with van der Waals surface area (Å²) in [7, 11) is 0. The highest BCUT2D eigenvalue weighted by Crippen LogP contribution is 2.31. The highest BCUT2D eigenvalue weighted by atomic mass is 32.1. The van der Waals surface area contributed by atoms with E-state index in [-0.39, 0.29) is 0 Å². The van der Waals surface area contributed by atoms with Crippen molar-refractivity contribution in [3.05, 3.63) is 16.1 Å². The maximum atomic E-state index is 12.4. The minimum Gasteiger partial charge on any atom is -0.480 e. The normalized spacial score (nSPS) is 11.7. The molecule has 0 aliphatic rings. The zero-order chi connectivity index (χ0) is 14.8. The molecule has 19 heavy (non-hydrogen) atoms. The number of carboxylic acids is 1. The summed E-state index contributed by atoms with van der Waals surface area (Å²) in [5, 5.41) is 8.52. The first-order chi connectivity index (χ1) is 8.62. The van der Waals surface area contributed by atoms with Gasteiger partial charge in [0.1, 0.15) is 12.2 Å². The average Bonchev–Trinajstić information content (AvgIpc) is 2.72. The Balaban J connectivity index is 2.97. The highest BCUT2D eigenvalue weighted by Gasteiger charge is 2.36. The van der Waals surface area contributed by atoms with Crippen molar-refractivity contribution in [2.75, 3.05) is 6.54 Å². The number of amides is 1. The monoisotopic (exact) mass is 296 g/mol. The van der Waals surface area contributed by atoms with Crippen LogP contribution in [0.25, 0.3) is 0 Å². The summed E-state index contributed by atoms with van der Waals surface area (Å²) < 4.78 is 37.1. The van der Waals surface area contributed by atoms with Crippen LogP contribution in [0, 0.1) is 0 Å². The standard InChI is InChI=1S/C10H11F3N2O3S/c1-5(2)15(3-7(16)17)8(18)6-4-19-9(14-6)10(11,12)13/h4-5H,3H2,1-2H3,(H,16,17). The van der Waals surface area contributed by atoms with Gasteiger partial charge in [0.15, 0.2) is 5.01 Å². The molecular weight excluding hydrogens is 285 g/mol. The van der Waals surface area contributed by atoms with Crippen LogP contribution in [0.2, 0.25) is 0 Å². The number of alkyl halides is 3. The van der Waals surface area contributed by atoms with Gasteiger partial charge in [0, 0.05) is 11.4 Å². The summed E-state index contributed by atoms with van der Waals surface area (Å²) in [6.07, 6.45) is -4.61. The molecule has 0 aromatic carbocycles. The van der Waals surface area contributed by atoms with E-state index in [9.17, 15) is 22.8 Å². The molecule has 5 nitrogen and oxygen atoms in total. The molecule has 1 aromatic heterocycles. The first-order valence-corrected chi connectivity index (χ1v) is 6.06. The zero-order valence-corrected chi connectivity index (χ0v) is 10.9. The SMILES string of the molecule is CC(C)N(CC(=O)O)C(=O)c1csc(C(F)(F)F)n1. The second-order valence-corrected chi connectivity index (χ2v) is 4.81. The van der Waals surface area contributed by atoms with E-state index in [0.717, 1.165) is 10.3 Å². The molecule has 0 atom stereocenters. The lowest BCUT2D eigenvalue weighted by atomic mass is 10.3. The number of hydrogen-bond acceptors (Lipinski definition) is 4. The van der Waals surface area contributed by atoms with Crippen molar-refractivity contribution in [1.29, 1.82) is 0 Å². The van der Waals surface area contributed by atoms with E-state index in [4.69, 9.17) is 5.11 Å². The van der Waals surface area contributed by atoms with E-state index in [2.05, 4.69) is 4.98 Å². The van der Waals surface area contributed by atoms with Gasteiger partial charge in [-0.15, -0.1) is 11.3 Å². The molecule has 0 aliphatic heterocycles. The van der Waals surface area contributed by atoms with E-state index < -0.39 is 41.3 Å². The van der Waals surface area contributed by atoms with Crippen molar-refractivity contribution in [2.45, 2.75) is 26.1 Å². The predicted molar refractivity (Wildman–Crippen MR) is 60.9 cm³/mol. The Morgan fingerprint density at radius 1 is 1.47 bits per heavy atom. The van der Waals surface area contributed by atoms with Crippen molar-refractivity contribution in [1.82, 2.24) is 9.88 Å². The molecule has 1 aromatic rings. The molecule has 0 saturated heterocycles. The van der Waals surface area contributed by atoms with Crippen molar-refractivity contribution in [3.8, 4) is 0 Å². The molecule has 0 spiro atoms. The van der Waals surface area contributed by atoms with Gasteiger partial charge in [-0.1, -0.05) is 0 Å². The third kappa shape index (κ3) is 3.91. The van der Waals surface area contributed by atoms with Crippen molar-refractivity contribution >= 4 is 23.2 Å². The largest absolute Gasteiger partial charge is 0.480 e. The molecular formula is C10H11F3N2O3S. The summed E-state index contributed by atoms with van der Waals surface area (Å²) in [6.45, 7) is 2.55. The van der Waals surface area contributed by atoms with Gasteiger partial charge in [-0.2, -0.15) is 13.2 Å². The van der Waals surface area contributed by atoms with Crippen LogP contribution < -0.4 is 0 Å². The molecule has 1 heterocycles. The van der Waals surface area contributed by atoms with Crippen LogP contribution in [0.4, 0.5) is 13.2 Å². The summed E-state index contributed by atoms with van der Waals surface area (Å²) in [5.41, 5.74) is -0.396. The van der Waals surface area contributed by atoms with E-state index in [0.29, 0.717) is 11.3 Å². The molecule has 106 valence electrons. The molecule has 0 bridgehead atoms. The van der Waals surface area contributed by atoms with Crippen molar-refractivity contribution in [3.63, 3.8) is 0 Å². The van der Waals surface area contributed by atoms with Crippen LogP contribution in [-0.2, 0) is 11.0 Å². The fourth-order valence-electron chi connectivity index (χ4n) is 1.28. The van der Waals surface area contributed by atoms with Gasteiger partial charge in [-0.05, 0) is 13.8 Å². The maximum absolute atomic E-state index is 12.4. The molecule has 9 heteroatoms. The Hall–Kier alpha value is -1.64. The Morgan fingerprint density at radius 3 is 2.42 bits per heavy atom. The molecule has 0 unspecified atom stereocenters. The summed E-state index contributed by atoms with van der Waals surface area (Å²) in [5.74, 6) is -2.07. The second-order valence-electron chi connectivity index (χ2n) is 3.96. The fraction of sp³-hybridized carbons (Fsp3) is 0.500. The van der Waals surface area contributed by atoms with Crippen molar-refractivity contribution in [2.24, 2.45) is 0 Å². The zero-order valence-electron chi connectivity index (χ0n) is 10.1. The van der Waals surface area contributed by atoms with Crippen LogP contribution in [0.15, 0.2) is 5.38 Å². The topological polar surface area (TPSA) is 70.5 Å². The molecule has 0 fully saturated rings. The van der Waals surface area contributed by atoms with Crippen LogP contribution >= 0.6 is 11.3 Å². The van der Waals surface area contributed by atoms with E-state index in [1.165, 1.54) is 0 Å². The molecule has 0 saturated carbocycles. The number of carboxylic acid groups (broad SMARTS) is 1. The minimum absolute atomic E-state index is 0.302. The Kier molecular flexibility index (Phi) is 4.51. The first kappa shape index (κ1) is 15.4. The number of nitrogens with zero attached hydrogens (tertiary/aromatic N) is 2. The summed E-state index contributed by atoms with van der Waals surface area (Å²) in [4.78, 5) is 26.7. The summed E-state index contributed by atoms with van der Waals surface area (Å²) in [6, 6.07) is -0.459. The third-order valence-corrected chi connectivity index (χ3v) is 3.04. The average molecular weight is 296 g/mol. The number of rotatable bonds is 4. The first-order valence-electron chi connectivity index (χ1n) is 5.18.